The van der Waals surface area contributed by atoms with Crippen molar-refractivity contribution in [2.24, 2.45) is 4.99 Å². The van der Waals surface area contributed by atoms with Gasteiger partial charge >= 0.3 is 0 Å². The zero-order chi connectivity index (χ0) is 12.8. The summed E-state index contributed by atoms with van der Waals surface area (Å²) in [5, 5.41) is 3.32. The first-order valence-electron chi connectivity index (χ1n) is 6.49. The molecule has 0 unspecified atom stereocenters. The largest absolute Gasteiger partial charge is 0.354 e. The summed E-state index contributed by atoms with van der Waals surface area (Å²) < 4.78 is 0. The normalized spacial score (nSPS) is 16.1. The van der Waals surface area contributed by atoms with Crippen LogP contribution in [0.5, 0.6) is 0 Å². The second-order valence-electron chi connectivity index (χ2n) is 2.77. The maximum Gasteiger partial charge on any atom is 0.123 e. The van der Waals surface area contributed by atoms with Crippen molar-refractivity contribution >= 4 is 6.21 Å². The molecule has 0 aromatic carbocycles. The van der Waals surface area contributed by atoms with E-state index < -0.39 is 0 Å². The second-order valence-corrected chi connectivity index (χ2v) is 2.77. The first-order chi connectivity index (χ1) is 7.88. The van der Waals surface area contributed by atoms with Gasteiger partial charge in [-0.25, -0.2) is 4.99 Å². The van der Waals surface area contributed by atoms with E-state index in [1.807, 2.05) is 47.8 Å². The van der Waals surface area contributed by atoms with E-state index >= 15 is 0 Å². The molecule has 0 spiro atoms. The lowest BCUT2D eigenvalue weighted by Gasteiger charge is -2.29. The summed E-state index contributed by atoms with van der Waals surface area (Å²) in [6, 6.07) is 0. The van der Waals surface area contributed by atoms with E-state index in [1.54, 1.807) is 0 Å². The van der Waals surface area contributed by atoms with Crippen LogP contribution < -0.4 is 5.32 Å². The van der Waals surface area contributed by atoms with Crippen LogP contribution in [0.15, 0.2) is 16.9 Å². The number of piperazine rings is 1. The van der Waals surface area contributed by atoms with Gasteiger partial charge < -0.3 is 10.2 Å². The molecule has 0 aromatic heterocycles. The summed E-state index contributed by atoms with van der Waals surface area (Å²) >= 11 is 0. The molecule has 0 amide bonds. The molecule has 0 bridgehead atoms. The molecule has 1 N–H and O–H groups in total. The summed E-state index contributed by atoms with van der Waals surface area (Å²) in [7, 11) is 0. The third kappa shape index (κ3) is 7.46. The number of hydrogen-bond donors (Lipinski definition) is 1. The highest BCUT2D eigenvalue weighted by Crippen LogP contribution is 2.05. The van der Waals surface area contributed by atoms with Crippen LogP contribution >= 0.6 is 0 Å². The molecule has 16 heavy (non-hydrogen) atoms. The Labute approximate surface area is 102 Å². The van der Waals surface area contributed by atoms with Gasteiger partial charge in [-0.05, 0) is 19.9 Å². The topological polar surface area (TPSA) is 27.6 Å². The maximum absolute atomic E-state index is 4.30. The van der Waals surface area contributed by atoms with Crippen molar-refractivity contribution in [3.8, 4) is 0 Å². The van der Waals surface area contributed by atoms with Crippen molar-refractivity contribution in [2.75, 3.05) is 26.2 Å². The van der Waals surface area contributed by atoms with Gasteiger partial charge in [-0.3, -0.25) is 0 Å². The maximum atomic E-state index is 4.30. The zero-order valence-corrected chi connectivity index (χ0v) is 11.9. The molecule has 1 heterocycles. The predicted octanol–water partition coefficient (Wildman–Crippen LogP) is 2.90. The molecule has 0 aliphatic carbocycles. The van der Waals surface area contributed by atoms with E-state index in [-0.39, 0.29) is 0 Å². The summed E-state index contributed by atoms with van der Waals surface area (Å²) in [6.45, 7) is 16.2. The minimum atomic E-state index is 1.07. The van der Waals surface area contributed by atoms with Gasteiger partial charge in [0.25, 0.3) is 0 Å². The zero-order valence-electron chi connectivity index (χ0n) is 11.9. The summed E-state index contributed by atoms with van der Waals surface area (Å²) in [5.41, 5.74) is 0. The third-order valence-corrected chi connectivity index (χ3v) is 1.96. The fourth-order valence-corrected chi connectivity index (χ4v) is 1.36. The number of allylic oxidation sites excluding steroid dienone is 1. The van der Waals surface area contributed by atoms with Gasteiger partial charge in [-0.2, -0.15) is 0 Å². The Morgan fingerprint density at radius 2 is 1.56 bits per heavy atom. The van der Waals surface area contributed by atoms with E-state index in [0.29, 0.717) is 0 Å². The Bertz CT molecular complexity index is 180. The van der Waals surface area contributed by atoms with Crippen LogP contribution in [0.25, 0.3) is 0 Å². The van der Waals surface area contributed by atoms with Gasteiger partial charge in [0.1, 0.15) is 5.82 Å². The lowest BCUT2D eigenvalue weighted by Crippen LogP contribution is -2.42. The highest BCUT2D eigenvalue weighted by Gasteiger charge is 2.10. The molecule has 0 saturated carbocycles. The highest BCUT2D eigenvalue weighted by atomic mass is 15.2. The molecular formula is C13H29N3. The third-order valence-electron chi connectivity index (χ3n) is 1.96. The van der Waals surface area contributed by atoms with Gasteiger partial charge in [0.05, 0.1) is 0 Å². The number of nitrogens with zero attached hydrogens (tertiary/aromatic N) is 2. The van der Waals surface area contributed by atoms with Crippen LogP contribution in [-0.2, 0) is 0 Å². The van der Waals surface area contributed by atoms with Crippen molar-refractivity contribution in [2.45, 2.75) is 41.5 Å². The van der Waals surface area contributed by atoms with Crippen molar-refractivity contribution in [1.29, 1.82) is 0 Å². The first-order valence-corrected chi connectivity index (χ1v) is 6.49. The molecule has 0 atom stereocenters. The molecule has 0 radical (unpaired) electrons. The molecule has 0 aromatic rings. The number of hydrogen-bond acceptors (Lipinski definition) is 3. The lowest BCUT2D eigenvalue weighted by atomic mass is 10.3. The smallest absolute Gasteiger partial charge is 0.123 e. The van der Waals surface area contributed by atoms with Crippen molar-refractivity contribution in [3.63, 3.8) is 0 Å². The molecule has 96 valence electrons. The molecular weight excluding hydrogens is 198 g/mol. The van der Waals surface area contributed by atoms with Gasteiger partial charge in [-0.15, -0.1) is 0 Å². The van der Waals surface area contributed by atoms with Crippen LogP contribution in [0.2, 0.25) is 0 Å². The first kappa shape index (κ1) is 17.6. The fraction of sp³-hybridized carbons (Fsp3) is 0.769. The average Bonchev–Trinajstić information content (AvgIpc) is 2.41. The van der Waals surface area contributed by atoms with Crippen LogP contribution in [0.1, 0.15) is 41.5 Å². The van der Waals surface area contributed by atoms with Crippen molar-refractivity contribution < 1.29 is 0 Å². The van der Waals surface area contributed by atoms with E-state index in [0.717, 1.165) is 32.0 Å². The predicted molar refractivity (Wildman–Crippen MR) is 75.1 cm³/mol. The van der Waals surface area contributed by atoms with Gasteiger partial charge in [0, 0.05) is 32.4 Å². The van der Waals surface area contributed by atoms with Gasteiger partial charge in [-0.1, -0.05) is 27.7 Å². The molecule has 1 rings (SSSR count). The summed E-state index contributed by atoms with van der Waals surface area (Å²) in [6.07, 6.45) is 3.91. The van der Waals surface area contributed by atoms with Gasteiger partial charge in [0.2, 0.25) is 0 Å². The fourth-order valence-electron chi connectivity index (χ4n) is 1.36. The SMILES string of the molecule is C/C=N\C(=C/C)N1CCNCC1.CC.CC. The Morgan fingerprint density at radius 3 is 1.94 bits per heavy atom. The summed E-state index contributed by atoms with van der Waals surface area (Å²) in [5.74, 6) is 1.10. The molecule has 3 heteroatoms. The minimum Gasteiger partial charge on any atom is -0.354 e. The van der Waals surface area contributed by atoms with E-state index in [1.165, 1.54) is 0 Å². The van der Waals surface area contributed by atoms with E-state index in [2.05, 4.69) is 21.3 Å². The van der Waals surface area contributed by atoms with Crippen molar-refractivity contribution in [3.05, 3.63) is 11.9 Å². The Morgan fingerprint density at radius 1 is 1.06 bits per heavy atom. The molecule has 1 aliphatic heterocycles. The summed E-state index contributed by atoms with van der Waals surface area (Å²) in [4.78, 5) is 6.60. The van der Waals surface area contributed by atoms with Crippen LogP contribution in [0, 0.1) is 0 Å². The highest BCUT2D eigenvalue weighted by molar-refractivity contribution is 5.55. The Balaban J connectivity index is 0. The minimum absolute atomic E-state index is 1.07. The quantitative estimate of drug-likeness (QED) is 0.735. The number of nitrogens with one attached hydrogen (secondary N) is 1. The lowest BCUT2D eigenvalue weighted by molar-refractivity contribution is 0.297. The van der Waals surface area contributed by atoms with Crippen LogP contribution in [0.3, 0.4) is 0 Å². The molecule has 1 aliphatic rings. The molecule has 1 saturated heterocycles. The van der Waals surface area contributed by atoms with Crippen LogP contribution in [0.4, 0.5) is 0 Å². The second kappa shape index (κ2) is 14.2. The van der Waals surface area contributed by atoms with Crippen molar-refractivity contribution in [1.82, 2.24) is 10.2 Å². The van der Waals surface area contributed by atoms with E-state index in [4.69, 9.17) is 0 Å². The van der Waals surface area contributed by atoms with Crippen LogP contribution in [-0.4, -0.2) is 37.3 Å². The van der Waals surface area contributed by atoms with E-state index in [9.17, 15) is 0 Å². The Hall–Kier alpha value is -0.830. The standard InChI is InChI=1S/C9H17N3.2C2H6/c1-3-9(11-4-2)12-7-5-10-6-8-12;2*1-2/h3-4,10H,5-8H2,1-2H3;2*1-2H3/b9-3+,11-4-;;. The Kier molecular flexibility index (Phi) is 15.6. The molecule has 1 fully saturated rings. The average molecular weight is 227 g/mol. The number of rotatable bonds is 2. The number of aliphatic imine (C=N–C) groups is 1. The monoisotopic (exact) mass is 227 g/mol. The van der Waals surface area contributed by atoms with Gasteiger partial charge in [0.15, 0.2) is 0 Å². The molecule has 3 nitrogen and oxygen atoms in total.